The summed E-state index contributed by atoms with van der Waals surface area (Å²) >= 11 is 1.16. The highest BCUT2D eigenvalue weighted by Gasteiger charge is 2.45. The van der Waals surface area contributed by atoms with Crippen LogP contribution in [0.1, 0.15) is 41.4 Å². The minimum atomic E-state index is -0.365. The van der Waals surface area contributed by atoms with Gasteiger partial charge in [-0.1, -0.05) is 6.92 Å². The number of fused-ring (bicyclic) bond motifs is 1. The topological polar surface area (TPSA) is 71.9 Å². The maximum atomic E-state index is 12.6. The third kappa shape index (κ3) is 1.56. The van der Waals surface area contributed by atoms with Crippen molar-refractivity contribution in [2.45, 2.75) is 38.6 Å². The van der Waals surface area contributed by atoms with E-state index in [0.717, 1.165) is 36.9 Å². The first kappa shape index (κ1) is 12.3. The number of aryl methyl sites for hydroxylation is 1. The highest BCUT2D eigenvalue weighted by Crippen LogP contribution is 2.44. The number of aldehydes is 1. The van der Waals surface area contributed by atoms with E-state index in [-0.39, 0.29) is 16.8 Å². The second-order valence-electron chi connectivity index (χ2n) is 5.06. The number of hydrogen-bond acceptors (Lipinski definition) is 4. The van der Waals surface area contributed by atoms with Crippen molar-refractivity contribution in [3.63, 3.8) is 0 Å². The van der Waals surface area contributed by atoms with E-state index in [4.69, 9.17) is 0 Å². The molecule has 1 fully saturated rings. The van der Waals surface area contributed by atoms with E-state index in [9.17, 15) is 14.4 Å². The number of rotatable bonds is 3. The van der Waals surface area contributed by atoms with E-state index in [1.165, 1.54) is 4.57 Å². The van der Waals surface area contributed by atoms with Crippen LogP contribution in [0.3, 0.4) is 0 Å². The molecule has 0 aromatic carbocycles. The van der Waals surface area contributed by atoms with Crippen molar-refractivity contribution in [2.24, 2.45) is 0 Å². The van der Waals surface area contributed by atoms with Gasteiger partial charge in [0.15, 0.2) is 6.29 Å². The van der Waals surface area contributed by atoms with Gasteiger partial charge in [0.2, 0.25) is 0 Å². The highest BCUT2D eigenvalue weighted by molar-refractivity contribution is 7.20. The summed E-state index contributed by atoms with van der Waals surface area (Å²) in [6, 6.07) is 0. The summed E-state index contributed by atoms with van der Waals surface area (Å²) < 4.78 is 1.35. The Hall–Kier alpha value is -1.69. The van der Waals surface area contributed by atoms with Crippen molar-refractivity contribution >= 4 is 27.8 Å². The summed E-state index contributed by atoms with van der Waals surface area (Å²) in [5, 5.41) is 0.478. The van der Waals surface area contributed by atoms with E-state index in [1.807, 2.05) is 6.92 Å². The van der Waals surface area contributed by atoms with Gasteiger partial charge in [-0.3, -0.25) is 19.1 Å². The van der Waals surface area contributed by atoms with Crippen molar-refractivity contribution in [3.05, 3.63) is 31.3 Å². The summed E-state index contributed by atoms with van der Waals surface area (Å²) in [4.78, 5) is 39.4. The fraction of sp³-hybridized carbons (Fsp3) is 0.462. The zero-order chi connectivity index (χ0) is 13.8. The molecule has 0 saturated heterocycles. The normalized spacial score (nSPS) is 16.7. The second kappa shape index (κ2) is 3.90. The van der Waals surface area contributed by atoms with Crippen LogP contribution in [0.15, 0.2) is 9.59 Å². The quantitative estimate of drug-likeness (QED) is 0.870. The van der Waals surface area contributed by atoms with Gasteiger partial charge in [-0.2, -0.15) is 0 Å². The number of aromatic amines is 1. The van der Waals surface area contributed by atoms with Crippen LogP contribution >= 0.6 is 11.3 Å². The minimum absolute atomic E-state index is 0.264. The number of carbonyl (C=O) groups is 1. The number of H-pyrrole nitrogens is 1. The Morgan fingerprint density at radius 3 is 2.63 bits per heavy atom. The molecular weight excluding hydrogens is 264 g/mol. The van der Waals surface area contributed by atoms with Crippen LogP contribution in [0.25, 0.3) is 10.2 Å². The van der Waals surface area contributed by atoms with E-state index < -0.39 is 0 Å². The molecule has 2 aromatic rings. The van der Waals surface area contributed by atoms with Crippen LogP contribution in [0.4, 0.5) is 0 Å². The van der Waals surface area contributed by atoms with Gasteiger partial charge in [0.1, 0.15) is 4.83 Å². The molecule has 1 N–H and O–H groups in total. The fourth-order valence-corrected chi connectivity index (χ4v) is 3.66. The lowest BCUT2D eigenvalue weighted by Crippen LogP contribution is -2.41. The van der Waals surface area contributed by atoms with Gasteiger partial charge in [-0.15, -0.1) is 11.3 Å². The van der Waals surface area contributed by atoms with Crippen molar-refractivity contribution in [2.75, 3.05) is 0 Å². The molecule has 2 heterocycles. The molecule has 1 aliphatic rings. The predicted octanol–water partition coefficient (Wildman–Crippen LogP) is 1.77. The molecule has 0 unspecified atom stereocenters. The molecule has 1 saturated carbocycles. The standard InChI is InChI=1S/C13H14N2O3S/c1-3-13(4-5-13)15-11(17)9-7(2)8(6-16)19-10(9)14-12(15)18/h6H,3-5H2,1-2H3,(H,14,18). The average molecular weight is 278 g/mol. The lowest BCUT2D eigenvalue weighted by molar-refractivity contribution is 0.112. The van der Waals surface area contributed by atoms with Crippen LogP contribution in [-0.4, -0.2) is 15.8 Å². The summed E-state index contributed by atoms with van der Waals surface area (Å²) in [6.45, 7) is 3.73. The molecule has 100 valence electrons. The largest absolute Gasteiger partial charge is 0.329 e. The Morgan fingerprint density at radius 1 is 1.42 bits per heavy atom. The molecule has 1 aliphatic carbocycles. The number of nitrogens with zero attached hydrogens (tertiary/aromatic N) is 1. The maximum Gasteiger partial charge on any atom is 0.329 e. The van der Waals surface area contributed by atoms with Crippen molar-refractivity contribution < 1.29 is 4.79 Å². The number of thiophene rings is 1. The first-order valence-corrected chi connectivity index (χ1v) is 7.10. The van der Waals surface area contributed by atoms with E-state index >= 15 is 0 Å². The second-order valence-corrected chi connectivity index (χ2v) is 6.11. The smallest absolute Gasteiger partial charge is 0.298 e. The number of nitrogens with one attached hydrogen (secondary N) is 1. The lowest BCUT2D eigenvalue weighted by Gasteiger charge is -2.15. The van der Waals surface area contributed by atoms with Gasteiger partial charge < -0.3 is 0 Å². The van der Waals surface area contributed by atoms with Crippen LogP contribution in [0.5, 0.6) is 0 Å². The third-order valence-electron chi connectivity index (χ3n) is 4.09. The van der Waals surface area contributed by atoms with Gasteiger partial charge in [0, 0.05) is 0 Å². The average Bonchev–Trinajstić information content (AvgIpc) is 3.09. The highest BCUT2D eigenvalue weighted by atomic mass is 32.1. The Kier molecular flexibility index (Phi) is 2.53. The molecule has 3 rings (SSSR count). The molecule has 0 atom stereocenters. The van der Waals surface area contributed by atoms with Crippen LogP contribution in [0, 0.1) is 6.92 Å². The molecule has 0 radical (unpaired) electrons. The zero-order valence-corrected chi connectivity index (χ0v) is 11.6. The van der Waals surface area contributed by atoms with E-state index in [1.54, 1.807) is 6.92 Å². The van der Waals surface area contributed by atoms with Gasteiger partial charge in [-0.25, -0.2) is 4.79 Å². The van der Waals surface area contributed by atoms with Crippen LogP contribution in [0.2, 0.25) is 0 Å². The van der Waals surface area contributed by atoms with Crippen molar-refractivity contribution in [1.82, 2.24) is 9.55 Å². The van der Waals surface area contributed by atoms with Gasteiger partial charge >= 0.3 is 5.69 Å². The molecule has 2 aromatic heterocycles. The Labute approximate surface area is 112 Å². The van der Waals surface area contributed by atoms with E-state index in [0.29, 0.717) is 20.7 Å². The van der Waals surface area contributed by atoms with Crippen LogP contribution in [-0.2, 0) is 5.54 Å². The molecule has 0 amide bonds. The van der Waals surface area contributed by atoms with E-state index in [2.05, 4.69) is 4.98 Å². The molecule has 0 aliphatic heterocycles. The summed E-state index contributed by atoms with van der Waals surface area (Å²) in [6.07, 6.45) is 3.23. The van der Waals surface area contributed by atoms with Crippen molar-refractivity contribution in [1.29, 1.82) is 0 Å². The molecule has 6 heteroatoms. The van der Waals surface area contributed by atoms with Gasteiger partial charge in [0.05, 0.1) is 15.8 Å². The Bertz CT molecular complexity index is 793. The van der Waals surface area contributed by atoms with Gasteiger partial charge in [-0.05, 0) is 31.7 Å². The Morgan fingerprint density at radius 2 is 2.11 bits per heavy atom. The molecule has 19 heavy (non-hydrogen) atoms. The third-order valence-corrected chi connectivity index (χ3v) is 5.22. The number of hydrogen-bond donors (Lipinski definition) is 1. The first-order valence-electron chi connectivity index (χ1n) is 6.28. The Balaban J connectivity index is 2.43. The zero-order valence-electron chi connectivity index (χ0n) is 10.8. The number of aromatic nitrogens is 2. The van der Waals surface area contributed by atoms with Gasteiger partial charge in [0.25, 0.3) is 5.56 Å². The molecule has 5 nitrogen and oxygen atoms in total. The molecule has 0 spiro atoms. The summed E-state index contributed by atoms with van der Waals surface area (Å²) in [5.41, 5.74) is -0.276. The fourth-order valence-electron chi connectivity index (χ4n) is 2.66. The first-order chi connectivity index (χ1) is 9.04. The SMILES string of the molecule is CCC1(n2c(=O)[nH]c3sc(C=O)c(C)c3c2=O)CC1. The van der Waals surface area contributed by atoms with Crippen molar-refractivity contribution in [3.8, 4) is 0 Å². The lowest BCUT2D eigenvalue weighted by atomic mass is 10.1. The van der Waals surface area contributed by atoms with Crippen LogP contribution < -0.4 is 11.2 Å². The summed E-state index contributed by atoms with van der Waals surface area (Å²) in [7, 11) is 0. The minimum Gasteiger partial charge on any atom is -0.298 e. The number of carbonyl (C=O) groups excluding carboxylic acids is 1. The molecular formula is C13H14N2O3S. The molecule has 0 bridgehead atoms. The monoisotopic (exact) mass is 278 g/mol. The predicted molar refractivity (Wildman–Crippen MR) is 74.3 cm³/mol. The maximum absolute atomic E-state index is 12.6. The summed E-state index contributed by atoms with van der Waals surface area (Å²) in [5.74, 6) is 0.